The molecule has 0 amide bonds. The number of aromatic nitrogens is 6. The van der Waals surface area contributed by atoms with E-state index in [0.717, 1.165) is 34.1 Å². The topological polar surface area (TPSA) is 29.6 Å². The van der Waals surface area contributed by atoms with E-state index in [9.17, 15) is 0 Å². The Morgan fingerprint density at radius 2 is 0.280 bits per heavy atom. The number of nitrogens with zero attached hydrogens (tertiary/aromatic N) is 6. The highest BCUT2D eigenvalue weighted by molar-refractivity contribution is 6.25. The molecule has 0 N–H and O–H groups in total. The lowest BCUT2D eigenvalue weighted by atomic mass is 9.87. The molecular weight excluding hydrogens is 1810 g/mol. The van der Waals surface area contributed by atoms with E-state index in [1.807, 2.05) is 0 Å². The van der Waals surface area contributed by atoms with E-state index in [4.69, 9.17) is 0 Å². The van der Waals surface area contributed by atoms with Crippen LogP contribution in [0.15, 0.2) is 582 Å². The first-order valence-corrected chi connectivity index (χ1v) is 51.6. The second-order valence-corrected chi connectivity index (χ2v) is 38.7. The predicted octanol–water partition coefficient (Wildman–Crippen LogP) is 38.6. The Hall–Kier alpha value is -19.9. The standard InChI is InChI=1S/3C48H32N2/c1-5-15-33(16-6-1)35-27-29-43-41(31-35)47-39(23-13-25-45(47)49(43)37-19-9-3-10-20-37)40-24-14-26-46-48(40)42-32-36(34-17-7-2-8-18-34)28-30-44(42)50(46)38-21-11-4-12-22-38;1-3-15-33(16-4-1)35-27-29-47-41(31-35)39-21-9-13-25-45(39)49(47)43-23-11-7-19-37(43)38-20-8-12-24-44(38)50-46-26-14-10-22-40(46)42-32-36(28-30-48(42)50)34-17-5-2-6-18-34;1-3-17-33(18-4-1)49-43-29-13-11-25-41(43)47-39(27-15-31-45(47)49)37-23-9-7-21-35(37)36-22-8-10-24-38(36)40-28-16-32-46-48(40)42-26-12-14-30-44(42)50(46)34-19-5-2-6-20-34/h3*1-32H. The summed E-state index contributed by atoms with van der Waals surface area (Å²) in [6, 6.07) is 211. The van der Waals surface area contributed by atoms with Crippen LogP contribution in [0.5, 0.6) is 0 Å². The van der Waals surface area contributed by atoms with Crippen LogP contribution in [0.25, 0.3) is 265 Å². The highest BCUT2D eigenvalue weighted by Crippen LogP contribution is 2.51. The van der Waals surface area contributed by atoms with E-state index in [1.54, 1.807) is 0 Å². The van der Waals surface area contributed by atoms with Crippen LogP contribution in [0.4, 0.5) is 0 Å². The molecular formula is C144H96N6. The SMILES string of the molecule is c1ccc(-c2ccc3c(c2)c2c(-c4cccc5c4c4cc(-c6ccccc6)ccc4n5-c4ccccc4)cccc2n3-c2ccccc2)cc1.c1ccc(-c2ccc3c(c2)c2ccccc2n3-c2ccccc2-c2ccccc2-n2c3ccccc3c3cc(-c4ccccc4)ccc32)cc1.c1ccc(-n2c3ccccc3c3c(-c4ccccc4-c4ccccc4-c4cccc5c4c4ccccc4n5-c4ccccc4)cccc32)cc1. The van der Waals surface area contributed by atoms with Crippen molar-refractivity contribution in [2.45, 2.75) is 0 Å². The Labute approximate surface area is 868 Å². The third-order valence-electron chi connectivity index (χ3n) is 30.4. The summed E-state index contributed by atoms with van der Waals surface area (Å²) in [4.78, 5) is 0. The Balaban J connectivity index is 0.000000108. The van der Waals surface area contributed by atoms with Gasteiger partial charge in [0.25, 0.3) is 0 Å². The molecule has 6 nitrogen and oxygen atoms in total. The third kappa shape index (κ3) is 14.9. The molecule has 6 heterocycles. The highest BCUT2D eigenvalue weighted by Gasteiger charge is 2.28. The molecule has 0 aliphatic heterocycles. The van der Waals surface area contributed by atoms with Crippen LogP contribution in [-0.4, -0.2) is 27.4 Å². The zero-order chi connectivity index (χ0) is 99.1. The van der Waals surface area contributed by atoms with Gasteiger partial charge in [0.1, 0.15) is 0 Å². The van der Waals surface area contributed by atoms with Crippen LogP contribution in [-0.2, 0) is 0 Å². The van der Waals surface area contributed by atoms with Crippen molar-refractivity contribution in [3.05, 3.63) is 582 Å². The van der Waals surface area contributed by atoms with Gasteiger partial charge < -0.3 is 27.4 Å². The van der Waals surface area contributed by atoms with Crippen molar-refractivity contribution >= 4 is 131 Å². The summed E-state index contributed by atoms with van der Waals surface area (Å²) in [6.07, 6.45) is 0. The van der Waals surface area contributed by atoms with Gasteiger partial charge in [-0.05, 0) is 247 Å². The van der Waals surface area contributed by atoms with Gasteiger partial charge in [0.2, 0.25) is 0 Å². The van der Waals surface area contributed by atoms with Gasteiger partial charge >= 0.3 is 0 Å². The Bertz CT molecular complexity index is 9830. The molecule has 0 fully saturated rings. The van der Waals surface area contributed by atoms with E-state index in [1.165, 1.54) is 231 Å². The fourth-order valence-electron chi connectivity index (χ4n) is 23.9. The zero-order valence-corrected chi connectivity index (χ0v) is 82.1. The van der Waals surface area contributed by atoms with Gasteiger partial charge in [0.15, 0.2) is 0 Å². The van der Waals surface area contributed by atoms with Gasteiger partial charge in [0, 0.05) is 98.5 Å². The third-order valence-corrected chi connectivity index (χ3v) is 30.4. The summed E-state index contributed by atoms with van der Waals surface area (Å²) in [5, 5.41) is 15.1. The van der Waals surface area contributed by atoms with E-state index < -0.39 is 0 Å². The van der Waals surface area contributed by atoms with Crippen LogP contribution in [0.3, 0.4) is 0 Å². The first-order valence-electron chi connectivity index (χ1n) is 51.6. The summed E-state index contributed by atoms with van der Waals surface area (Å²) >= 11 is 0. The number of rotatable bonds is 15. The van der Waals surface area contributed by atoms with Crippen LogP contribution in [0.2, 0.25) is 0 Å². The van der Waals surface area contributed by atoms with E-state index >= 15 is 0 Å². The fraction of sp³-hybridized carbons (Fsp3) is 0. The Kier molecular flexibility index (Phi) is 21.9. The molecule has 30 rings (SSSR count). The monoisotopic (exact) mass is 1910 g/mol. The smallest absolute Gasteiger partial charge is 0.0547 e. The van der Waals surface area contributed by atoms with E-state index in [0.29, 0.717) is 0 Å². The van der Waals surface area contributed by atoms with Gasteiger partial charge in [-0.25, -0.2) is 0 Å². The average Bonchev–Trinajstić information content (AvgIpc) is 1.55. The number of benzene rings is 24. The van der Waals surface area contributed by atoms with Crippen molar-refractivity contribution in [3.8, 4) is 134 Å². The zero-order valence-electron chi connectivity index (χ0n) is 82.1. The van der Waals surface area contributed by atoms with Crippen LogP contribution < -0.4 is 0 Å². The lowest BCUT2D eigenvalue weighted by Crippen LogP contribution is -2.01. The first-order chi connectivity index (χ1) is 74.5. The van der Waals surface area contributed by atoms with Crippen LogP contribution in [0, 0.1) is 0 Å². The van der Waals surface area contributed by atoms with Gasteiger partial charge in [-0.1, -0.05) is 425 Å². The van der Waals surface area contributed by atoms with Crippen LogP contribution >= 0.6 is 0 Å². The van der Waals surface area contributed by atoms with Crippen molar-refractivity contribution < 1.29 is 0 Å². The van der Waals surface area contributed by atoms with Crippen LogP contribution in [0.1, 0.15) is 0 Å². The molecule has 24 aromatic carbocycles. The maximum atomic E-state index is 2.45. The Morgan fingerprint density at radius 3 is 0.573 bits per heavy atom. The molecule has 0 aliphatic carbocycles. The minimum Gasteiger partial charge on any atom is -0.309 e. The lowest BCUT2D eigenvalue weighted by molar-refractivity contribution is 1.16. The minimum atomic E-state index is 1.16. The van der Waals surface area contributed by atoms with Gasteiger partial charge in [-0.3, -0.25) is 0 Å². The van der Waals surface area contributed by atoms with Gasteiger partial charge in [0.05, 0.1) is 77.6 Å². The normalized spacial score (nSPS) is 11.6. The molecule has 0 spiro atoms. The Morgan fingerprint density at radius 1 is 0.0933 bits per heavy atom. The molecule has 0 radical (unpaired) electrons. The molecule has 0 atom stereocenters. The summed E-state index contributed by atoms with van der Waals surface area (Å²) in [5.41, 5.74) is 43.3. The largest absolute Gasteiger partial charge is 0.309 e. The summed E-state index contributed by atoms with van der Waals surface area (Å²) in [7, 11) is 0. The molecule has 0 unspecified atom stereocenters. The molecule has 0 saturated carbocycles. The molecule has 0 saturated heterocycles. The maximum absolute atomic E-state index is 2.45. The predicted molar refractivity (Wildman–Crippen MR) is 634 cm³/mol. The fourth-order valence-corrected chi connectivity index (χ4v) is 23.9. The molecule has 6 heteroatoms. The van der Waals surface area contributed by atoms with Crippen molar-refractivity contribution in [1.29, 1.82) is 0 Å². The van der Waals surface area contributed by atoms with Crippen molar-refractivity contribution in [3.63, 3.8) is 0 Å². The molecule has 30 aromatic rings. The molecule has 702 valence electrons. The molecule has 150 heavy (non-hydrogen) atoms. The number of hydrogen-bond acceptors (Lipinski definition) is 0. The molecule has 6 aromatic heterocycles. The number of para-hydroxylation sites is 10. The lowest BCUT2D eigenvalue weighted by Gasteiger charge is -2.18. The van der Waals surface area contributed by atoms with Gasteiger partial charge in [-0.2, -0.15) is 0 Å². The van der Waals surface area contributed by atoms with Crippen molar-refractivity contribution in [1.82, 2.24) is 27.4 Å². The van der Waals surface area contributed by atoms with Crippen molar-refractivity contribution in [2.24, 2.45) is 0 Å². The summed E-state index contributed by atoms with van der Waals surface area (Å²) in [6.45, 7) is 0. The van der Waals surface area contributed by atoms with Crippen molar-refractivity contribution in [2.75, 3.05) is 0 Å². The average molecular weight is 1910 g/mol. The maximum Gasteiger partial charge on any atom is 0.0547 e. The quantitative estimate of drug-likeness (QED) is 0.0979. The second-order valence-electron chi connectivity index (χ2n) is 38.7. The molecule has 0 bridgehead atoms. The summed E-state index contributed by atoms with van der Waals surface area (Å²) in [5.74, 6) is 0. The van der Waals surface area contributed by atoms with E-state index in [-0.39, 0.29) is 0 Å². The van der Waals surface area contributed by atoms with Gasteiger partial charge in [-0.15, -0.1) is 0 Å². The van der Waals surface area contributed by atoms with E-state index in [2.05, 4.69) is 610 Å². The number of hydrogen-bond donors (Lipinski definition) is 0. The number of fused-ring (bicyclic) bond motifs is 18. The minimum absolute atomic E-state index is 1.16. The second kappa shape index (κ2) is 37.4. The highest BCUT2D eigenvalue weighted by atomic mass is 15.0. The molecule has 0 aliphatic rings. The summed E-state index contributed by atoms with van der Waals surface area (Å²) < 4.78 is 14.5. The first kappa shape index (κ1) is 87.8.